The second kappa shape index (κ2) is 4.44. The van der Waals surface area contributed by atoms with E-state index < -0.39 is 0 Å². The number of nitrogens with one attached hydrogen (secondary N) is 1. The van der Waals surface area contributed by atoms with Crippen molar-refractivity contribution in [1.29, 1.82) is 0 Å². The minimum absolute atomic E-state index is 0.0697. The Balaban J connectivity index is 2.95. The third-order valence-electron chi connectivity index (χ3n) is 2.89. The molecule has 0 fully saturated rings. The normalized spacial score (nSPS) is 11.3. The summed E-state index contributed by atoms with van der Waals surface area (Å²) in [5.74, 6) is 6.57. The molecule has 5 nitrogen and oxygen atoms in total. The molecule has 0 aromatic carbocycles. The van der Waals surface area contributed by atoms with Gasteiger partial charge in [-0.05, 0) is 26.3 Å². The Morgan fingerprint density at radius 2 is 2.20 bits per heavy atom. The molecule has 0 radical (unpaired) electrons. The summed E-state index contributed by atoms with van der Waals surface area (Å²) in [6, 6.07) is 1.87. The monoisotopic (exact) mass is 209 g/mol. The highest BCUT2D eigenvalue weighted by Crippen LogP contribution is 2.22. The van der Waals surface area contributed by atoms with Gasteiger partial charge in [0.15, 0.2) is 0 Å². The molecule has 0 saturated carbocycles. The second-order valence-electron chi connectivity index (χ2n) is 4.11. The minimum Gasteiger partial charge on any atom is -0.354 e. The molecular weight excluding hydrogens is 190 g/mol. The lowest BCUT2D eigenvalue weighted by Crippen LogP contribution is -2.41. The van der Waals surface area contributed by atoms with Gasteiger partial charge in [0.25, 0.3) is 0 Å². The average Bonchev–Trinajstić information content (AvgIpc) is 2.28. The van der Waals surface area contributed by atoms with E-state index in [9.17, 15) is 0 Å². The van der Waals surface area contributed by atoms with Crippen LogP contribution in [0.3, 0.4) is 0 Å². The maximum Gasteiger partial charge on any atom is 0.239 e. The number of aromatic nitrogens is 2. The maximum atomic E-state index is 5.27. The molecule has 1 heterocycles. The predicted octanol–water partition coefficient (Wildman–Crippen LogP) is 1.39. The third-order valence-corrected chi connectivity index (χ3v) is 2.89. The summed E-state index contributed by atoms with van der Waals surface area (Å²) in [6.45, 7) is 6.50. The highest BCUT2D eigenvalue weighted by molar-refractivity contribution is 5.43. The highest BCUT2D eigenvalue weighted by Gasteiger charge is 2.22. The highest BCUT2D eigenvalue weighted by atomic mass is 15.3. The standard InChI is InChI=1S/C10H19N5/c1-5-10(2,3)15(4)8-6-7-12-9(13-8)14-11/h6-7H,5,11H2,1-4H3,(H,12,13,14). The first kappa shape index (κ1) is 11.7. The van der Waals surface area contributed by atoms with E-state index >= 15 is 0 Å². The molecule has 1 aromatic heterocycles. The van der Waals surface area contributed by atoms with Crippen molar-refractivity contribution in [2.45, 2.75) is 32.7 Å². The van der Waals surface area contributed by atoms with Crippen molar-refractivity contribution in [2.75, 3.05) is 17.4 Å². The van der Waals surface area contributed by atoms with E-state index in [0.29, 0.717) is 5.95 Å². The van der Waals surface area contributed by atoms with E-state index in [1.165, 1.54) is 0 Å². The van der Waals surface area contributed by atoms with Gasteiger partial charge in [-0.15, -0.1) is 0 Å². The van der Waals surface area contributed by atoms with Gasteiger partial charge in [-0.1, -0.05) is 6.92 Å². The van der Waals surface area contributed by atoms with E-state index in [-0.39, 0.29) is 5.54 Å². The van der Waals surface area contributed by atoms with Gasteiger partial charge in [0.1, 0.15) is 5.82 Å². The molecule has 0 bridgehead atoms. The zero-order valence-electron chi connectivity index (χ0n) is 9.78. The molecule has 0 aliphatic carbocycles. The molecule has 0 aliphatic rings. The van der Waals surface area contributed by atoms with Crippen LogP contribution in [0.25, 0.3) is 0 Å². The van der Waals surface area contributed by atoms with Gasteiger partial charge in [0.2, 0.25) is 5.95 Å². The first-order chi connectivity index (χ1) is 7.01. The van der Waals surface area contributed by atoms with Crippen molar-refractivity contribution in [1.82, 2.24) is 9.97 Å². The predicted molar refractivity (Wildman–Crippen MR) is 62.6 cm³/mol. The third kappa shape index (κ3) is 2.56. The summed E-state index contributed by atoms with van der Waals surface area (Å²) in [6.07, 6.45) is 2.73. The van der Waals surface area contributed by atoms with Gasteiger partial charge in [0, 0.05) is 18.8 Å². The molecular formula is C10H19N5. The molecule has 0 unspecified atom stereocenters. The van der Waals surface area contributed by atoms with Crippen molar-refractivity contribution < 1.29 is 0 Å². The Kier molecular flexibility index (Phi) is 3.47. The first-order valence-corrected chi connectivity index (χ1v) is 5.04. The molecule has 0 atom stereocenters. The number of nitrogens with zero attached hydrogens (tertiary/aromatic N) is 3. The Bertz CT molecular complexity index is 323. The minimum atomic E-state index is 0.0697. The van der Waals surface area contributed by atoms with Crippen LogP contribution in [0.15, 0.2) is 12.3 Å². The molecule has 3 N–H and O–H groups in total. The van der Waals surface area contributed by atoms with Crippen LogP contribution >= 0.6 is 0 Å². The fourth-order valence-corrected chi connectivity index (χ4v) is 1.15. The molecule has 84 valence electrons. The number of nitrogens with two attached hydrogens (primary N) is 1. The van der Waals surface area contributed by atoms with Crippen LogP contribution in [-0.2, 0) is 0 Å². The van der Waals surface area contributed by atoms with Gasteiger partial charge < -0.3 is 4.90 Å². The largest absolute Gasteiger partial charge is 0.354 e. The number of anilines is 2. The van der Waals surface area contributed by atoms with Gasteiger partial charge in [-0.2, -0.15) is 4.98 Å². The van der Waals surface area contributed by atoms with Crippen molar-refractivity contribution in [3.05, 3.63) is 12.3 Å². The van der Waals surface area contributed by atoms with E-state index in [0.717, 1.165) is 12.2 Å². The quantitative estimate of drug-likeness (QED) is 0.579. The zero-order valence-corrected chi connectivity index (χ0v) is 9.78. The Morgan fingerprint density at radius 3 is 2.73 bits per heavy atom. The van der Waals surface area contributed by atoms with Crippen molar-refractivity contribution >= 4 is 11.8 Å². The maximum absolute atomic E-state index is 5.27. The molecule has 1 rings (SSSR count). The van der Waals surface area contributed by atoms with E-state index in [4.69, 9.17) is 5.84 Å². The van der Waals surface area contributed by atoms with Gasteiger partial charge in [0.05, 0.1) is 0 Å². The summed E-state index contributed by atoms with van der Waals surface area (Å²) in [4.78, 5) is 10.4. The summed E-state index contributed by atoms with van der Waals surface area (Å²) < 4.78 is 0. The van der Waals surface area contributed by atoms with Gasteiger partial charge in [-0.25, -0.2) is 10.8 Å². The fraction of sp³-hybridized carbons (Fsp3) is 0.600. The molecule has 0 aliphatic heterocycles. The second-order valence-corrected chi connectivity index (χ2v) is 4.11. The first-order valence-electron chi connectivity index (χ1n) is 5.04. The van der Waals surface area contributed by atoms with Gasteiger partial charge >= 0.3 is 0 Å². The lowest BCUT2D eigenvalue weighted by atomic mass is 10.0. The van der Waals surface area contributed by atoms with Crippen molar-refractivity contribution in [3.63, 3.8) is 0 Å². The Labute approximate surface area is 90.7 Å². The van der Waals surface area contributed by atoms with Crippen molar-refractivity contribution in [3.8, 4) is 0 Å². The lowest BCUT2D eigenvalue weighted by Gasteiger charge is -2.35. The molecule has 0 amide bonds. The summed E-state index contributed by atoms with van der Waals surface area (Å²) in [5.41, 5.74) is 2.51. The van der Waals surface area contributed by atoms with Gasteiger partial charge in [-0.3, -0.25) is 5.43 Å². The Hall–Kier alpha value is -1.36. The number of nitrogen functional groups attached to an aromatic ring is 1. The van der Waals surface area contributed by atoms with E-state index in [1.807, 2.05) is 13.1 Å². The van der Waals surface area contributed by atoms with Crippen LogP contribution < -0.4 is 16.2 Å². The summed E-state index contributed by atoms with van der Waals surface area (Å²) >= 11 is 0. The zero-order chi connectivity index (χ0) is 11.5. The van der Waals surface area contributed by atoms with Crippen LogP contribution in [0.2, 0.25) is 0 Å². The summed E-state index contributed by atoms with van der Waals surface area (Å²) in [5, 5.41) is 0. The van der Waals surface area contributed by atoms with Crippen LogP contribution in [0.1, 0.15) is 27.2 Å². The molecule has 15 heavy (non-hydrogen) atoms. The van der Waals surface area contributed by atoms with Crippen molar-refractivity contribution in [2.24, 2.45) is 5.84 Å². The topological polar surface area (TPSA) is 67.1 Å². The fourth-order valence-electron chi connectivity index (χ4n) is 1.15. The van der Waals surface area contributed by atoms with Crippen LogP contribution in [0.5, 0.6) is 0 Å². The lowest BCUT2D eigenvalue weighted by molar-refractivity contribution is 0.467. The molecule has 1 aromatic rings. The Morgan fingerprint density at radius 1 is 1.53 bits per heavy atom. The number of hydrogen-bond acceptors (Lipinski definition) is 5. The average molecular weight is 209 g/mol. The van der Waals surface area contributed by atoms with Crippen LogP contribution in [-0.4, -0.2) is 22.6 Å². The SMILES string of the molecule is CCC(C)(C)N(C)c1ccnc(NN)n1. The molecule has 5 heteroatoms. The van der Waals surface area contributed by atoms with Crippen LogP contribution in [0.4, 0.5) is 11.8 Å². The molecule has 0 saturated heterocycles. The van der Waals surface area contributed by atoms with Crippen LogP contribution in [0, 0.1) is 0 Å². The van der Waals surface area contributed by atoms with E-state index in [2.05, 4.69) is 41.1 Å². The number of hydrazine groups is 1. The summed E-state index contributed by atoms with van der Waals surface area (Å²) in [7, 11) is 2.02. The smallest absolute Gasteiger partial charge is 0.239 e. The number of hydrogen-bond donors (Lipinski definition) is 2. The molecule has 0 spiro atoms. The number of rotatable bonds is 4. The van der Waals surface area contributed by atoms with E-state index in [1.54, 1.807) is 6.20 Å².